The number of nitrogens with zero attached hydrogens (tertiary/aromatic N) is 4. The Labute approximate surface area is 235 Å². The van der Waals surface area contributed by atoms with Crippen LogP contribution in [0.25, 0.3) is 16.6 Å². The van der Waals surface area contributed by atoms with Gasteiger partial charge < -0.3 is 19.1 Å². The third-order valence-corrected chi connectivity index (χ3v) is 8.17. The van der Waals surface area contributed by atoms with Crippen molar-refractivity contribution in [2.24, 2.45) is 5.41 Å². The zero-order chi connectivity index (χ0) is 28.7. The third-order valence-electron chi connectivity index (χ3n) is 5.96. The lowest BCUT2D eigenvalue weighted by Gasteiger charge is -2.37. The molecule has 2 aromatic carbocycles. The molecule has 2 aromatic heterocycles. The molecular formula is C26H26Cl2N4O6S. The normalized spacial score (nSPS) is 12.8. The van der Waals surface area contributed by atoms with E-state index in [4.69, 9.17) is 32.7 Å². The number of carboxylic acid groups (broad SMARTS) is 1. The van der Waals surface area contributed by atoms with E-state index in [2.05, 4.69) is 9.97 Å². The lowest BCUT2D eigenvalue weighted by Crippen LogP contribution is -2.52. The fraction of sp³-hybridized carbons (Fsp3) is 0.269. The number of ether oxygens (including phenoxy) is 2. The van der Waals surface area contributed by atoms with E-state index in [0.29, 0.717) is 16.6 Å². The minimum absolute atomic E-state index is 0.104. The second kappa shape index (κ2) is 10.6. The van der Waals surface area contributed by atoms with E-state index < -0.39 is 27.4 Å². The minimum Gasteiger partial charge on any atom is -0.480 e. The van der Waals surface area contributed by atoms with Gasteiger partial charge in [-0.2, -0.15) is 4.98 Å². The average Bonchev–Trinajstić information content (AvgIpc) is 3.28. The van der Waals surface area contributed by atoms with Crippen molar-refractivity contribution in [2.75, 3.05) is 18.5 Å². The van der Waals surface area contributed by atoms with Crippen LogP contribution in [0.5, 0.6) is 11.9 Å². The quantitative estimate of drug-likeness (QED) is 0.287. The Balaban J connectivity index is 1.93. The van der Waals surface area contributed by atoms with Crippen molar-refractivity contribution in [2.45, 2.75) is 31.7 Å². The molecule has 0 spiro atoms. The maximum absolute atomic E-state index is 14.0. The summed E-state index contributed by atoms with van der Waals surface area (Å²) >= 11 is 12.2. The molecule has 1 unspecified atom stereocenters. The van der Waals surface area contributed by atoms with Crippen LogP contribution >= 0.6 is 23.2 Å². The van der Waals surface area contributed by atoms with Crippen LogP contribution in [0.2, 0.25) is 10.0 Å². The molecule has 0 saturated heterocycles. The van der Waals surface area contributed by atoms with Crippen molar-refractivity contribution in [3.8, 4) is 17.6 Å². The second-order valence-electron chi connectivity index (χ2n) is 9.69. The predicted octanol–water partition coefficient (Wildman–Crippen LogP) is 5.44. The summed E-state index contributed by atoms with van der Waals surface area (Å²) in [5.41, 5.74) is 0.362. The summed E-state index contributed by atoms with van der Waals surface area (Å²) in [5, 5.41) is 11.1. The van der Waals surface area contributed by atoms with Crippen LogP contribution in [0.4, 0.5) is 5.69 Å². The smallest absolute Gasteiger partial charge is 0.328 e. The Morgan fingerprint density at radius 2 is 1.72 bits per heavy atom. The molecule has 206 valence electrons. The molecule has 0 radical (unpaired) electrons. The molecule has 0 aliphatic carbocycles. The van der Waals surface area contributed by atoms with E-state index in [1.54, 1.807) is 55.8 Å². The molecule has 0 bridgehead atoms. The largest absolute Gasteiger partial charge is 0.480 e. The van der Waals surface area contributed by atoms with Gasteiger partial charge in [-0.25, -0.2) is 18.2 Å². The number of benzene rings is 2. The number of aliphatic carboxylic acids is 1. The fourth-order valence-corrected chi connectivity index (χ4v) is 6.79. The van der Waals surface area contributed by atoms with E-state index in [1.807, 2.05) is 0 Å². The molecule has 1 atom stereocenters. The molecule has 10 nitrogen and oxygen atoms in total. The van der Waals surface area contributed by atoms with Crippen LogP contribution in [0.15, 0.2) is 59.8 Å². The Morgan fingerprint density at radius 1 is 1.05 bits per heavy atom. The first-order valence-electron chi connectivity index (χ1n) is 11.6. The van der Waals surface area contributed by atoms with E-state index in [0.717, 1.165) is 4.31 Å². The summed E-state index contributed by atoms with van der Waals surface area (Å²) in [6.45, 7) is 4.97. The van der Waals surface area contributed by atoms with E-state index in [9.17, 15) is 18.3 Å². The lowest BCUT2D eigenvalue weighted by atomic mass is 9.86. The molecule has 0 aliphatic heterocycles. The Morgan fingerprint density at radius 3 is 2.28 bits per heavy atom. The van der Waals surface area contributed by atoms with Crippen LogP contribution in [-0.4, -0.2) is 54.3 Å². The van der Waals surface area contributed by atoms with Gasteiger partial charge in [0.15, 0.2) is 0 Å². The summed E-state index contributed by atoms with van der Waals surface area (Å²) in [6, 6.07) is 9.14. The van der Waals surface area contributed by atoms with E-state index in [1.165, 1.54) is 38.6 Å². The second-order valence-corrected chi connectivity index (χ2v) is 12.4. The Hall–Kier alpha value is -3.54. The van der Waals surface area contributed by atoms with Gasteiger partial charge in [0.2, 0.25) is 5.88 Å². The van der Waals surface area contributed by atoms with Gasteiger partial charge in [-0.05, 0) is 47.9 Å². The maximum atomic E-state index is 14.0. The lowest BCUT2D eigenvalue weighted by molar-refractivity contribution is -0.140. The Bertz CT molecular complexity index is 1650. The van der Waals surface area contributed by atoms with Crippen LogP contribution < -0.4 is 13.8 Å². The van der Waals surface area contributed by atoms with Gasteiger partial charge >= 0.3 is 12.0 Å². The molecule has 39 heavy (non-hydrogen) atoms. The summed E-state index contributed by atoms with van der Waals surface area (Å²) in [6.07, 6.45) is 3.29. The van der Waals surface area contributed by atoms with Crippen molar-refractivity contribution < 1.29 is 27.8 Å². The van der Waals surface area contributed by atoms with Crippen LogP contribution in [-0.2, 0) is 14.8 Å². The predicted molar refractivity (Wildman–Crippen MR) is 149 cm³/mol. The summed E-state index contributed by atoms with van der Waals surface area (Å²) in [7, 11) is -1.52. The first-order chi connectivity index (χ1) is 18.3. The summed E-state index contributed by atoms with van der Waals surface area (Å²) < 4.78 is 41.2. The molecule has 0 amide bonds. The highest BCUT2D eigenvalue weighted by Gasteiger charge is 2.43. The van der Waals surface area contributed by atoms with Gasteiger partial charge in [0, 0.05) is 21.6 Å². The van der Waals surface area contributed by atoms with Gasteiger partial charge in [-0.15, -0.1) is 0 Å². The highest BCUT2D eigenvalue weighted by molar-refractivity contribution is 7.93. The monoisotopic (exact) mass is 592 g/mol. The summed E-state index contributed by atoms with van der Waals surface area (Å²) in [5.74, 6) is -1.04. The van der Waals surface area contributed by atoms with Gasteiger partial charge in [0.25, 0.3) is 10.0 Å². The molecule has 0 aliphatic rings. The maximum Gasteiger partial charge on any atom is 0.328 e. The van der Waals surface area contributed by atoms with Gasteiger partial charge in [0.1, 0.15) is 11.7 Å². The third kappa shape index (κ3) is 5.47. The van der Waals surface area contributed by atoms with Crippen molar-refractivity contribution in [1.82, 2.24) is 14.5 Å². The van der Waals surface area contributed by atoms with Crippen molar-refractivity contribution in [3.05, 3.63) is 64.9 Å². The van der Waals surface area contributed by atoms with Crippen LogP contribution in [0.1, 0.15) is 20.8 Å². The van der Waals surface area contributed by atoms with Crippen molar-refractivity contribution in [3.63, 3.8) is 0 Å². The number of hydrogen-bond donors (Lipinski definition) is 1. The highest BCUT2D eigenvalue weighted by atomic mass is 35.5. The topological polar surface area (TPSA) is 124 Å². The molecule has 0 fully saturated rings. The van der Waals surface area contributed by atoms with Gasteiger partial charge in [0.05, 0.1) is 36.5 Å². The number of anilines is 1. The number of fused-ring (bicyclic) bond motifs is 1. The number of halogens is 2. The first kappa shape index (κ1) is 28.5. The number of aromatic nitrogens is 3. The van der Waals surface area contributed by atoms with Crippen LogP contribution in [0, 0.1) is 5.41 Å². The highest BCUT2D eigenvalue weighted by Crippen LogP contribution is 2.37. The molecule has 4 rings (SSSR count). The number of methoxy groups -OCH3 is 2. The number of carbonyl (C=O) groups is 1. The zero-order valence-electron chi connectivity index (χ0n) is 21.7. The molecular weight excluding hydrogens is 567 g/mol. The van der Waals surface area contributed by atoms with E-state index in [-0.39, 0.29) is 32.5 Å². The zero-order valence-corrected chi connectivity index (χ0v) is 24.0. The molecule has 4 aromatic rings. The molecule has 2 heterocycles. The average molecular weight is 593 g/mol. The SMILES string of the molecule is COc1ncc(-n2ccc3cc(N(C(C(=O)O)C(C)(C)C)S(=O)(=O)c4cc(Cl)cc(Cl)c4)ccc32)c(OC)n1. The number of rotatable bonds is 8. The number of hydrogen-bond acceptors (Lipinski definition) is 7. The van der Waals surface area contributed by atoms with Crippen LogP contribution in [0.3, 0.4) is 0 Å². The van der Waals surface area contributed by atoms with Crippen molar-refractivity contribution >= 4 is 55.8 Å². The summed E-state index contributed by atoms with van der Waals surface area (Å²) in [4.78, 5) is 20.7. The molecule has 13 heteroatoms. The molecule has 1 N–H and O–H groups in total. The minimum atomic E-state index is -4.44. The Kier molecular flexibility index (Phi) is 7.70. The van der Waals surface area contributed by atoms with E-state index >= 15 is 0 Å². The number of carboxylic acids is 1. The van der Waals surface area contributed by atoms with Gasteiger partial charge in [-0.3, -0.25) is 4.31 Å². The molecule has 0 saturated carbocycles. The number of sulfonamides is 1. The van der Waals surface area contributed by atoms with Gasteiger partial charge in [-0.1, -0.05) is 44.0 Å². The standard InChI is InChI=1S/C26H26Cl2N4O6S/c1-26(2,3)22(24(33)34)32(39(35,36)19-12-16(27)11-17(28)13-19)18-6-7-20-15(10-18)8-9-31(20)21-14-29-25(38-5)30-23(21)37-4/h6-14,22H,1-5H3,(H,33,34). The fourth-order valence-electron chi connectivity index (χ4n) is 4.28. The van der Waals surface area contributed by atoms with Crippen molar-refractivity contribution in [1.29, 1.82) is 0 Å². The first-order valence-corrected chi connectivity index (χ1v) is 13.8.